The van der Waals surface area contributed by atoms with Gasteiger partial charge in [0.1, 0.15) is 17.3 Å². The number of nitrogens with zero attached hydrogens (tertiary/aromatic N) is 3. The van der Waals surface area contributed by atoms with Crippen molar-refractivity contribution in [2.45, 2.75) is 39.7 Å². The number of nitrogens with one attached hydrogen (secondary N) is 2. The molecule has 0 unspecified atom stereocenters. The van der Waals surface area contributed by atoms with E-state index in [-0.39, 0.29) is 5.91 Å². The summed E-state index contributed by atoms with van der Waals surface area (Å²) in [5.41, 5.74) is 1.49. The lowest BCUT2D eigenvalue weighted by Gasteiger charge is -2.09. The molecule has 2 aromatic heterocycles. The van der Waals surface area contributed by atoms with Gasteiger partial charge in [-0.3, -0.25) is 9.78 Å². The summed E-state index contributed by atoms with van der Waals surface area (Å²) in [4.78, 5) is 24.7. The van der Waals surface area contributed by atoms with Gasteiger partial charge in [-0.15, -0.1) is 0 Å². The molecule has 2 rings (SSSR count). The third kappa shape index (κ3) is 5.65. The summed E-state index contributed by atoms with van der Waals surface area (Å²) in [6.07, 6.45) is 6.72. The molecule has 6 heteroatoms. The van der Waals surface area contributed by atoms with Gasteiger partial charge in [0.25, 0.3) is 5.91 Å². The monoisotopic (exact) mass is 313 g/mol. The quantitative estimate of drug-likeness (QED) is 0.733. The van der Waals surface area contributed by atoms with Gasteiger partial charge in [0.2, 0.25) is 0 Å². The predicted octanol–water partition coefficient (Wildman–Crippen LogP) is 2.71. The van der Waals surface area contributed by atoms with Gasteiger partial charge in [-0.1, -0.05) is 19.8 Å². The van der Waals surface area contributed by atoms with E-state index in [4.69, 9.17) is 0 Å². The van der Waals surface area contributed by atoms with E-state index in [0.717, 1.165) is 24.8 Å². The minimum Gasteiger partial charge on any atom is -0.366 e. The summed E-state index contributed by atoms with van der Waals surface area (Å²) in [5.74, 6) is 1.06. The molecule has 0 aromatic carbocycles. The molecule has 122 valence electrons. The summed E-state index contributed by atoms with van der Waals surface area (Å²) in [5, 5.41) is 6.11. The van der Waals surface area contributed by atoms with E-state index in [9.17, 15) is 4.79 Å². The lowest BCUT2D eigenvalue weighted by Crippen LogP contribution is -2.26. The lowest BCUT2D eigenvalue weighted by atomic mass is 10.2. The number of hydrogen-bond acceptors (Lipinski definition) is 5. The second-order valence-corrected chi connectivity index (χ2v) is 5.36. The average molecular weight is 313 g/mol. The van der Waals surface area contributed by atoms with Crippen LogP contribution in [0.1, 0.15) is 48.1 Å². The molecule has 2 N–H and O–H groups in total. The summed E-state index contributed by atoms with van der Waals surface area (Å²) in [6, 6.07) is 5.55. The van der Waals surface area contributed by atoms with Gasteiger partial charge in [-0.2, -0.15) is 0 Å². The Kier molecular flexibility index (Phi) is 6.47. The highest BCUT2D eigenvalue weighted by molar-refractivity contribution is 5.92. The van der Waals surface area contributed by atoms with Crippen LogP contribution in [0.3, 0.4) is 0 Å². The molecule has 0 aliphatic heterocycles. The number of carbonyl (C=O) groups is 1. The van der Waals surface area contributed by atoms with Gasteiger partial charge in [0.05, 0.1) is 0 Å². The van der Waals surface area contributed by atoms with E-state index in [2.05, 4.69) is 32.5 Å². The van der Waals surface area contributed by atoms with Crippen LogP contribution in [0.15, 0.2) is 30.6 Å². The van der Waals surface area contributed by atoms with Crippen molar-refractivity contribution in [1.82, 2.24) is 20.3 Å². The molecule has 0 saturated heterocycles. The van der Waals surface area contributed by atoms with Crippen LogP contribution < -0.4 is 10.6 Å². The van der Waals surface area contributed by atoms with Crippen LogP contribution in [0.25, 0.3) is 0 Å². The molecular formula is C17H23N5O. The highest BCUT2D eigenvalue weighted by Crippen LogP contribution is 2.09. The van der Waals surface area contributed by atoms with Crippen LogP contribution in [-0.4, -0.2) is 27.4 Å². The van der Waals surface area contributed by atoms with Crippen LogP contribution in [0.4, 0.5) is 5.82 Å². The van der Waals surface area contributed by atoms with E-state index < -0.39 is 0 Å². The van der Waals surface area contributed by atoms with Crippen LogP contribution in [-0.2, 0) is 6.54 Å². The Balaban J connectivity index is 1.96. The molecule has 0 aliphatic rings. The normalized spacial score (nSPS) is 10.3. The first kappa shape index (κ1) is 16.9. The zero-order valence-corrected chi connectivity index (χ0v) is 13.7. The van der Waals surface area contributed by atoms with Crippen molar-refractivity contribution in [2.75, 3.05) is 11.9 Å². The Morgan fingerprint density at radius 2 is 1.96 bits per heavy atom. The number of rotatable bonds is 8. The fourth-order valence-electron chi connectivity index (χ4n) is 2.14. The molecule has 23 heavy (non-hydrogen) atoms. The van der Waals surface area contributed by atoms with Crippen molar-refractivity contribution in [1.29, 1.82) is 0 Å². The van der Waals surface area contributed by atoms with Gasteiger partial charge < -0.3 is 10.6 Å². The number of carbonyl (C=O) groups excluding carboxylic acids is 1. The Labute approximate surface area is 136 Å². The predicted molar refractivity (Wildman–Crippen MR) is 90.2 cm³/mol. The first-order valence-electron chi connectivity index (χ1n) is 7.95. The first-order chi connectivity index (χ1) is 11.2. The van der Waals surface area contributed by atoms with Crippen molar-refractivity contribution in [3.05, 3.63) is 47.7 Å². The SMILES string of the molecule is CCCCCNC(=O)c1cc(NCc2ccncc2)nc(C)n1. The summed E-state index contributed by atoms with van der Waals surface area (Å²) in [6.45, 7) is 5.22. The third-order valence-electron chi connectivity index (χ3n) is 3.36. The number of pyridine rings is 1. The minimum absolute atomic E-state index is 0.154. The molecule has 1 amide bonds. The number of hydrogen-bond donors (Lipinski definition) is 2. The number of aryl methyl sites for hydroxylation is 1. The van der Waals surface area contributed by atoms with Crippen molar-refractivity contribution >= 4 is 11.7 Å². The van der Waals surface area contributed by atoms with Crippen molar-refractivity contribution in [2.24, 2.45) is 0 Å². The smallest absolute Gasteiger partial charge is 0.270 e. The molecule has 6 nitrogen and oxygen atoms in total. The van der Waals surface area contributed by atoms with Gasteiger partial charge in [0, 0.05) is 31.5 Å². The molecule has 2 heterocycles. The van der Waals surface area contributed by atoms with Crippen molar-refractivity contribution in [3.63, 3.8) is 0 Å². The lowest BCUT2D eigenvalue weighted by molar-refractivity contribution is 0.0947. The fraction of sp³-hybridized carbons (Fsp3) is 0.412. The zero-order valence-electron chi connectivity index (χ0n) is 13.7. The number of amides is 1. The minimum atomic E-state index is -0.154. The van der Waals surface area contributed by atoms with Gasteiger partial charge in [-0.05, 0) is 31.0 Å². The van der Waals surface area contributed by atoms with Gasteiger partial charge in [-0.25, -0.2) is 9.97 Å². The first-order valence-corrected chi connectivity index (χ1v) is 7.95. The zero-order chi connectivity index (χ0) is 16.5. The second kappa shape index (κ2) is 8.82. The van der Waals surface area contributed by atoms with Crippen molar-refractivity contribution in [3.8, 4) is 0 Å². The number of anilines is 1. The van der Waals surface area contributed by atoms with E-state index in [1.165, 1.54) is 0 Å². The van der Waals surface area contributed by atoms with Crippen LogP contribution in [0.5, 0.6) is 0 Å². The average Bonchev–Trinajstić information content (AvgIpc) is 2.57. The van der Waals surface area contributed by atoms with E-state index in [0.29, 0.717) is 30.4 Å². The van der Waals surface area contributed by atoms with E-state index in [1.807, 2.05) is 12.1 Å². The third-order valence-corrected chi connectivity index (χ3v) is 3.36. The topological polar surface area (TPSA) is 79.8 Å². The highest BCUT2D eigenvalue weighted by atomic mass is 16.1. The molecular weight excluding hydrogens is 290 g/mol. The fourth-order valence-corrected chi connectivity index (χ4v) is 2.14. The molecule has 0 atom stereocenters. The van der Waals surface area contributed by atoms with Crippen LogP contribution in [0.2, 0.25) is 0 Å². The van der Waals surface area contributed by atoms with Gasteiger partial charge in [0.15, 0.2) is 0 Å². The Morgan fingerprint density at radius 3 is 2.70 bits per heavy atom. The maximum atomic E-state index is 12.1. The largest absolute Gasteiger partial charge is 0.366 e. The molecule has 2 aromatic rings. The highest BCUT2D eigenvalue weighted by Gasteiger charge is 2.10. The van der Waals surface area contributed by atoms with Gasteiger partial charge >= 0.3 is 0 Å². The molecule has 0 radical (unpaired) electrons. The van der Waals surface area contributed by atoms with E-state index >= 15 is 0 Å². The Hall–Kier alpha value is -2.50. The maximum Gasteiger partial charge on any atom is 0.270 e. The maximum absolute atomic E-state index is 12.1. The van der Waals surface area contributed by atoms with Crippen molar-refractivity contribution < 1.29 is 4.79 Å². The van der Waals surface area contributed by atoms with Crippen LogP contribution in [0, 0.1) is 6.92 Å². The number of unbranched alkanes of at least 4 members (excludes halogenated alkanes) is 2. The molecule has 0 saturated carbocycles. The summed E-state index contributed by atoms with van der Waals surface area (Å²) < 4.78 is 0. The molecule has 0 spiro atoms. The van der Waals surface area contributed by atoms with Crippen LogP contribution >= 0.6 is 0 Å². The Morgan fingerprint density at radius 1 is 1.17 bits per heavy atom. The van der Waals surface area contributed by atoms with E-state index in [1.54, 1.807) is 25.4 Å². The summed E-state index contributed by atoms with van der Waals surface area (Å²) in [7, 11) is 0. The second-order valence-electron chi connectivity index (χ2n) is 5.36. The molecule has 0 aliphatic carbocycles. The standard InChI is InChI=1S/C17H23N5O/c1-3-4-5-8-19-17(23)15-11-16(22-13(2)21-15)20-12-14-6-9-18-10-7-14/h6-7,9-11H,3-5,8,12H2,1-2H3,(H,19,23)(H,20,21,22). The molecule has 0 bridgehead atoms. The molecule has 0 fully saturated rings. The summed E-state index contributed by atoms with van der Waals surface area (Å²) >= 11 is 0. The number of aromatic nitrogens is 3. The Bertz CT molecular complexity index is 630.